The minimum atomic E-state index is -4.52. The number of carbonyl (C=O) groups excluding carboxylic acids is 1. The maximum absolute atomic E-state index is 12.8. The van der Waals surface area contributed by atoms with Gasteiger partial charge in [-0.2, -0.15) is 13.2 Å². The van der Waals surface area contributed by atoms with E-state index in [9.17, 15) is 18.0 Å². The minimum Gasteiger partial charge on any atom is -0.321 e. The van der Waals surface area contributed by atoms with Crippen LogP contribution in [-0.2, 0) is 6.18 Å². The zero-order valence-electron chi connectivity index (χ0n) is 10.2. The lowest BCUT2D eigenvalue weighted by Crippen LogP contribution is -2.14. The molecule has 1 aromatic heterocycles. The number of aromatic nitrogens is 1. The average molecular weight is 380 g/mol. The van der Waals surface area contributed by atoms with Gasteiger partial charge in [-0.3, -0.25) is 4.79 Å². The Bertz CT molecular complexity index is 691. The van der Waals surface area contributed by atoms with Gasteiger partial charge in [0.15, 0.2) is 0 Å². The molecule has 2 rings (SSSR count). The van der Waals surface area contributed by atoms with Gasteiger partial charge in [0, 0.05) is 10.2 Å². The highest BCUT2D eigenvalue weighted by Gasteiger charge is 2.33. The normalized spacial score (nSPS) is 11.3. The topological polar surface area (TPSA) is 42.0 Å². The highest BCUT2D eigenvalue weighted by molar-refractivity contribution is 9.10. The zero-order chi connectivity index (χ0) is 15.6. The smallest absolute Gasteiger partial charge is 0.321 e. The third-order valence-corrected chi connectivity index (χ3v) is 3.38. The van der Waals surface area contributed by atoms with Crippen molar-refractivity contribution in [2.75, 3.05) is 5.32 Å². The fourth-order valence-electron chi connectivity index (χ4n) is 1.55. The third kappa shape index (κ3) is 3.95. The molecule has 1 heterocycles. The SMILES string of the molecule is O=C(Nc1ccc(Br)c(C(F)(F)F)c1)c1cccc(Cl)n1. The molecular weight excluding hydrogens is 373 g/mol. The number of rotatable bonds is 2. The number of carbonyl (C=O) groups is 1. The molecule has 0 saturated carbocycles. The molecule has 1 amide bonds. The number of benzene rings is 1. The van der Waals surface area contributed by atoms with E-state index in [-0.39, 0.29) is 21.0 Å². The van der Waals surface area contributed by atoms with Gasteiger partial charge in [-0.1, -0.05) is 33.6 Å². The van der Waals surface area contributed by atoms with Gasteiger partial charge in [-0.05, 0) is 30.3 Å². The van der Waals surface area contributed by atoms with E-state index in [0.717, 1.165) is 6.07 Å². The van der Waals surface area contributed by atoms with Crippen molar-refractivity contribution in [3.8, 4) is 0 Å². The van der Waals surface area contributed by atoms with Crippen LogP contribution in [-0.4, -0.2) is 10.9 Å². The second-order valence-corrected chi connectivity index (χ2v) is 5.23. The van der Waals surface area contributed by atoms with E-state index in [1.54, 1.807) is 0 Å². The van der Waals surface area contributed by atoms with Crippen molar-refractivity contribution in [2.24, 2.45) is 0 Å². The molecule has 8 heteroatoms. The second kappa shape index (κ2) is 6.03. The molecule has 3 nitrogen and oxygen atoms in total. The Kier molecular flexibility index (Phi) is 4.53. The molecular formula is C13H7BrClF3N2O. The Balaban J connectivity index is 2.26. The van der Waals surface area contributed by atoms with Crippen molar-refractivity contribution in [3.63, 3.8) is 0 Å². The Morgan fingerprint density at radius 1 is 1.24 bits per heavy atom. The molecule has 0 aliphatic rings. The number of anilines is 1. The molecule has 0 unspecified atom stereocenters. The number of halogens is 5. The number of nitrogens with zero attached hydrogens (tertiary/aromatic N) is 1. The number of amides is 1. The van der Waals surface area contributed by atoms with Gasteiger partial charge in [0.05, 0.1) is 5.56 Å². The van der Waals surface area contributed by atoms with Crippen LogP contribution in [0.3, 0.4) is 0 Å². The lowest BCUT2D eigenvalue weighted by molar-refractivity contribution is -0.138. The summed E-state index contributed by atoms with van der Waals surface area (Å²) in [7, 11) is 0. The van der Waals surface area contributed by atoms with Crippen molar-refractivity contribution >= 4 is 39.1 Å². The number of hydrogen-bond donors (Lipinski definition) is 1. The maximum atomic E-state index is 12.8. The van der Waals surface area contributed by atoms with Crippen LogP contribution in [0.4, 0.5) is 18.9 Å². The van der Waals surface area contributed by atoms with E-state index >= 15 is 0 Å². The van der Waals surface area contributed by atoms with Crippen LogP contribution in [0.5, 0.6) is 0 Å². The number of nitrogens with one attached hydrogen (secondary N) is 1. The molecule has 0 aliphatic heterocycles. The van der Waals surface area contributed by atoms with Gasteiger partial charge < -0.3 is 5.32 Å². The average Bonchev–Trinajstić information content (AvgIpc) is 2.39. The molecule has 0 bridgehead atoms. The first-order valence-corrected chi connectivity index (χ1v) is 6.75. The quantitative estimate of drug-likeness (QED) is 0.764. The van der Waals surface area contributed by atoms with Gasteiger partial charge >= 0.3 is 6.18 Å². The number of pyridine rings is 1. The van der Waals surface area contributed by atoms with E-state index < -0.39 is 17.6 Å². The largest absolute Gasteiger partial charge is 0.417 e. The molecule has 1 N–H and O–H groups in total. The first-order valence-electron chi connectivity index (χ1n) is 5.58. The second-order valence-electron chi connectivity index (χ2n) is 3.99. The maximum Gasteiger partial charge on any atom is 0.417 e. The standard InChI is InChI=1S/C13H7BrClF3N2O/c14-9-5-4-7(6-8(9)13(16,17)18)19-12(21)10-2-1-3-11(15)20-10/h1-6H,(H,19,21). The molecule has 21 heavy (non-hydrogen) atoms. The Morgan fingerprint density at radius 2 is 1.95 bits per heavy atom. The molecule has 0 radical (unpaired) electrons. The Morgan fingerprint density at radius 3 is 2.57 bits per heavy atom. The number of alkyl halides is 3. The van der Waals surface area contributed by atoms with Crippen molar-refractivity contribution in [1.29, 1.82) is 0 Å². The van der Waals surface area contributed by atoms with Gasteiger partial charge in [0.25, 0.3) is 5.91 Å². The van der Waals surface area contributed by atoms with Crippen molar-refractivity contribution < 1.29 is 18.0 Å². The zero-order valence-corrected chi connectivity index (χ0v) is 12.6. The summed E-state index contributed by atoms with van der Waals surface area (Å²) in [4.78, 5) is 15.7. The van der Waals surface area contributed by atoms with Gasteiger partial charge in [-0.15, -0.1) is 0 Å². The van der Waals surface area contributed by atoms with Crippen molar-refractivity contribution in [2.45, 2.75) is 6.18 Å². The molecule has 110 valence electrons. The summed E-state index contributed by atoms with van der Waals surface area (Å²) in [6.45, 7) is 0. The first-order chi connectivity index (χ1) is 9.77. The molecule has 0 saturated heterocycles. The molecule has 0 fully saturated rings. The van der Waals surface area contributed by atoms with Gasteiger partial charge in [-0.25, -0.2) is 4.98 Å². The van der Waals surface area contributed by atoms with E-state index in [0.29, 0.717) is 0 Å². The third-order valence-electron chi connectivity index (χ3n) is 2.48. The lowest BCUT2D eigenvalue weighted by Gasteiger charge is -2.11. The van der Waals surface area contributed by atoms with Crippen LogP contribution >= 0.6 is 27.5 Å². The van der Waals surface area contributed by atoms with Crippen molar-refractivity contribution in [3.05, 3.63) is 57.3 Å². The highest BCUT2D eigenvalue weighted by atomic mass is 79.9. The predicted molar refractivity (Wildman–Crippen MR) is 76.3 cm³/mol. The Labute approximate surface area is 131 Å². The monoisotopic (exact) mass is 378 g/mol. The first kappa shape index (κ1) is 15.8. The summed E-state index contributed by atoms with van der Waals surface area (Å²) >= 11 is 8.48. The summed E-state index contributed by atoms with van der Waals surface area (Å²) in [6, 6.07) is 7.82. The summed E-state index contributed by atoms with van der Waals surface area (Å²) in [6.07, 6.45) is -4.52. The van der Waals surface area contributed by atoms with Gasteiger partial charge in [0.2, 0.25) is 0 Å². The van der Waals surface area contributed by atoms with Gasteiger partial charge in [0.1, 0.15) is 10.8 Å². The molecule has 2 aromatic rings. The van der Waals surface area contributed by atoms with E-state index in [1.807, 2.05) is 0 Å². The van der Waals surface area contributed by atoms with Crippen LogP contribution in [0, 0.1) is 0 Å². The fraction of sp³-hybridized carbons (Fsp3) is 0.0769. The number of hydrogen-bond acceptors (Lipinski definition) is 2. The minimum absolute atomic E-state index is 0.0114. The summed E-state index contributed by atoms with van der Waals surface area (Å²) < 4.78 is 38.2. The van der Waals surface area contributed by atoms with E-state index in [4.69, 9.17) is 11.6 Å². The van der Waals surface area contributed by atoms with Crippen LogP contribution in [0.1, 0.15) is 16.1 Å². The van der Waals surface area contributed by atoms with E-state index in [2.05, 4.69) is 26.2 Å². The van der Waals surface area contributed by atoms with Crippen LogP contribution in [0.2, 0.25) is 5.15 Å². The summed E-state index contributed by atoms with van der Waals surface area (Å²) in [5.41, 5.74) is -0.851. The lowest BCUT2D eigenvalue weighted by atomic mass is 10.2. The highest BCUT2D eigenvalue weighted by Crippen LogP contribution is 2.36. The summed E-state index contributed by atoms with van der Waals surface area (Å²) in [5, 5.41) is 2.46. The van der Waals surface area contributed by atoms with E-state index in [1.165, 1.54) is 30.3 Å². The Hall–Kier alpha value is -1.60. The van der Waals surface area contributed by atoms with Crippen LogP contribution in [0.15, 0.2) is 40.9 Å². The fourth-order valence-corrected chi connectivity index (χ4v) is 2.19. The molecule has 0 spiro atoms. The molecule has 0 atom stereocenters. The van der Waals surface area contributed by atoms with Crippen LogP contribution < -0.4 is 5.32 Å². The van der Waals surface area contributed by atoms with Crippen molar-refractivity contribution in [1.82, 2.24) is 4.98 Å². The van der Waals surface area contributed by atoms with Crippen LogP contribution in [0.25, 0.3) is 0 Å². The predicted octanol–water partition coefficient (Wildman–Crippen LogP) is 4.77. The molecule has 1 aromatic carbocycles. The summed E-state index contributed by atoms with van der Waals surface area (Å²) in [5.74, 6) is -0.645. The molecule has 0 aliphatic carbocycles.